The van der Waals surface area contributed by atoms with Crippen molar-refractivity contribution in [1.82, 2.24) is 14.8 Å². The van der Waals surface area contributed by atoms with Crippen LogP contribution in [-0.4, -0.2) is 32.4 Å². The Bertz CT molecular complexity index is 1090. The molecular weight excluding hydrogens is 403 g/mol. The summed E-state index contributed by atoms with van der Waals surface area (Å²) < 4.78 is 6.42. The summed E-state index contributed by atoms with van der Waals surface area (Å²) in [6.45, 7) is 8.77. The maximum Gasteiger partial charge on any atom is 0.435 e. The lowest BCUT2D eigenvalue weighted by atomic mass is 10.1. The number of benzene rings is 1. The minimum atomic E-state index is -0.642. The van der Waals surface area contributed by atoms with Gasteiger partial charge in [0, 0.05) is 28.9 Å². The summed E-state index contributed by atoms with van der Waals surface area (Å²) in [6.07, 6.45) is 5.32. The number of carbonyl (C=O) groups is 2. The first kappa shape index (κ1) is 20.0. The Balaban J connectivity index is 2.09. The van der Waals surface area contributed by atoms with Gasteiger partial charge in [0.15, 0.2) is 0 Å². The Kier molecular flexibility index (Phi) is 5.23. The van der Waals surface area contributed by atoms with E-state index in [1.54, 1.807) is 33.0 Å². The Morgan fingerprint density at radius 2 is 2.07 bits per heavy atom. The minimum Gasteiger partial charge on any atom is -0.442 e. The number of anilines is 1. The van der Waals surface area contributed by atoms with Crippen LogP contribution in [0.3, 0.4) is 0 Å². The van der Waals surface area contributed by atoms with Crippen molar-refractivity contribution in [2.75, 3.05) is 5.32 Å². The van der Waals surface area contributed by atoms with Crippen LogP contribution in [0.15, 0.2) is 37.3 Å². The van der Waals surface area contributed by atoms with Gasteiger partial charge in [0.25, 0.3) is 0 Å². The third-order valence-electron chi connectivity index (χ3n) is 3.77. The molecule has 3 rings (SSSR count). The Morgan fingerprint density at radius 3 is 2.71 bits per heavy atom. The predicted molar refractivity (Wildman–Crippen MR) is 110 cm³/mol. The molecule has 0 saturated heterocycles. The second-order valence-corrected chi connectivity index (χ2v) is 7.80. The first-order valence-electron chi connectivity index (χ1n) is 8.31. The molecule has 0 aliphatic carbocycles. The zero-order chi connectivity index (χ0) is 20.6. The summed E-state index contributed by atoms with van der Waals surface area (Å²) in [5.74, 6) is -0.392. The monoisotopic (exact) mass is 420 g/mol. The number of fused-ring (bicyclic) bond motifs is 1. The van der Waals surface area contributed by atoms with Gasteiger partial charge in [-0.05, 0) is 32.9 Å². The van der Waals surface area contributed by atoms with Gasteiger partial charge in [-0.25, -0.2) is 4.79 Å². The van der Waals surface area contributed by atoms with Crippen LogP contribution in [-0.2, 0) is 9.53 Å². The number of hydrogen-bond acceptors (Lipinski definition) is 4. The lowest BCUT2D eigenvalue weighted by Gasteiger charge is -2.18. The highest BCUT2D eigenvalue weighted by atomic mass is 35.5. The molecule has 2 N–H and O–H groups in total. The molecule has 0 aliphatic heterocycles. The molecule has 28 heavy (non-hydrogen) atoms. The van der Waals surface area contributed by atoms with E-state index in [1.165, 1.54) is 12.4 Å². The van der Waals surface area contributed by atoms with E-state index in [1.807, 2.05) is 0 Å². The molecule has 146 valence electrons. The summed E-state index contributed by atoms with van der Waals surface area (Å²) in [5.41, 5.74) is 1.67. The standard InChI is InChI=1S/C19H18Cl2N4O3/c1-5-14(26)24-13-6-12(20)16(21)17-15(13)11(8-22-17)10-7-23-25(9-10)18(27)28-19(2,3)4/h5-9,22H,1H2,2-4H3,(H,24,26). The molecule has 0 bridgehead atoms. The Morgan fingerprint density at radius 1 is 1.36 bits per heavy atom. The van der Waals surface area contributed by atoms with E-state index >= 15 is 0 Å². The molecule has 0 unspecified atom stereocenters. The lowest BCUT2D eigenvalue weighted by Crippen LogP contribution is -2.27. The first-order chi connectivity index (χ1) is 13.1. The fourth-order valence-corrected chi connectivity index (χ4v) is 3.05. The fraction of sp³-hybridized carbons (Fsp3) is 0.211. The number of halogens is 2. The van der Waals surface area contributed by atoms with Gasteiger partial charge in [-0.1, -0.05) is 29.8 Å². The average molecular weight is 421 g/mol. The number of ether oxygens (including phenoxy) is 1. The van der Waals surface area contributed by atoms with Crippen molar-refractivity contribution in [3.05, 3.63) is 47.4 Å². The van der Waals surface area contributed by atoms with Crippen LogP contribution in [0.2, 0.25) is 10.0 Å². The molecule has 2 aromatic heterocycles. The van der Waals surface area contributed by atoms with Crippen molar-refractivity contribution in [3.63, 3.8) is 0 Å². The van der Waals surface area contributed by atoms with Crippen LogP contribution in [0.5, 0.6) is 0 Å². The largest absolute Gasteiger partial charge is 0.442 e. The predicted octanol–water partition coefficient (Wildman–Crippen LogP) is 5.25. The lowest BCUT2D eigenvalue weighted by molar-refractivity contribution is -0.111. The Labute approximate surface area is 171 Å². The molecule has 7 nitrogen and oxygen atoms in total. The maximum absolute atomic E-state index is 12.2. The van der Waals surface area contributed by atoms with Gasteiger partial charge < -0.3 is 15.0 Å². The number of H-pyrrole nitrogens is 1. The van der Waals surface area contributed by atoms with Crippen LogP contribution in [0.4, 0.5) is 10.5 Å². The van der Waals surface area contributed by atoms with E-state index < -0.39 is 17.6 Å². The minimum absolute atomic E-state index is 0.284. The van der Waals surface area contributed by atoms with Gasteiger partial charge in [-0.2, -0.15) is 9.78 Å². The van der Waals surface area contributed by atoms with E-state index in [4.69, 9.17) is 27.9 Å². The zero-order valence-electron chi connectivity index (χ0n) is 15.5. The molecule has 3 aromatic rings. The van der Waals surface area contributed by atoms with Crippen LogP contribution >= 0.6 is 23.2 Å². The summed E-state index contributed by atoms with van der Waals surface area (Å²) in [7, 11) is 0. The quantitative estimate of drug-likeness (QED) is 0.566. The van der Waals surface area contributed by atoms with Crippen molar-refractivity contribution in [3.8, 4) is 11.1 Å². The van der Waals surface area contributed by atoms with Crippen molar-refractivity contribution in [2.45, 2.75) is 26.4 Å². The highest BCUT2D eigenvalue weighted by Crippen LogP contribution is 2.41. The number of nitrogens with zero attached hydrogens (tertiary/aromatic N) is 2. The summed E-state index contributed by atoms with van der Waals surface area (Å²) in [4.78, 5) is 27.1. The van der Waals surface area contributed by atoms with E-state index in [9.17, 15) is 9.59 Å². The molecule has 1 aromatic carbocycles. The summed E-state index contributed by atoms with van der Waals surface area (Å²) >= 11 is 12.5. The highest BCUT2D eigenvalue weighted by molar-refractivity contribution is 6.46. The number of aromatic amines is 1. The second-order valence-electron chi connectivity index (χ2n) is 7.02. The van der Waals surface area contributed by atoms with Crippen LogP contribution < -0.4 is 5.32 Å². The molecule has 0 fully saturated rings. The molecule has 0 radical (unpaired) electrons. The SMILES string of the molecule is C=CC(=O)Nc1cc(Cl)c(Cl)c2[nH]cc(-c3cnn(C(=O)OC(C)(C)C)c3)c12. The molecule has 1 amide bonds. The topological polar surface area (TPSA) is 89.0 Å². The molecule has 0 saturated carbocycles. The summed E-state index contributed by atoms with van der Waals surface area (Å²) in [6, 6.07) is 1.56. The van der Waals surface area contributed by atoms with Crippen molar-refractivity contribution in [1.29, 1.82) is 0 Å². The van der Waals surface area contributed by atoms with Gasteiger partial charge in [-0.15, -0.1) is 0 Å². The maximum atomic E-state index is 12.2. The van der Waals surface area contributed by atoms with Crippen LogP contribution in [0.25, 0.3) is 22.0 Å². The van der Waals surface area contributed by atoms with E-state index in [2.05, 4.69) is 22.0 Å². The number of nitrogens with one attached hydrogen (secondary N) is 2. The van der Waals surface area contributed by atoms with Gasteiger partial charge in [0.05, 0.1) is 27.4 Å². The van der Waals surface area contributed by atoms with Crippen molar-refractivity contribution in [2.24, 2.45) is 0 Å². The average Bonchev–Trinajstić information content (AvgIpc) is 3.24. The van der Waals surface area contributed by atoms with Crippen molar-refractivity contribution >= 4 is 51.8 Å². The van der Waals surface area contributed by atoms with Gasteiger partial charge in [0.2, 0.25) is 5.91 Å². The van der Waals surface area contributed by atoms with Gasteiger partial charge in [0.1, 0.15) is 5.60 Å². The van der Waals surface area contributed by atoms with Gasteiger partial charge >= 0.3 is 6.09 Å². The second kappa shape index (κ2) is 7.33. The smallest absolute Gasteiger partial charge is 0.435 e. The van der Waals surface area contributed by atoms with Gasteiger partial charge in [-0.3, -0.25) is 4.79 Å². The first-order valence-corrected chi connectivity index (χ1v) is 9.07. The molecular formula is C19H18Cl2N4O3. The summed E-state index contributed by atoms with van der Waals surface area (Å²) in [5, 5.41) is 8.03. The third-order valence-corrected chi connectivity index (χ3v) is 4.55. The van der Waals surface area contributed by atoms with Crippen LogP contribution in [0, 0.1) is 0 Å². The molecule has 0 aliphatic rings. The van der Waals surface area contributed by atoms with E-state index in [-0.39, 0.29) is 5.02 Å². The number of amides is 1. The molecule has 9 heteroatoms. The van der Waals surface area contributed by atoms with E-state index in [0.29, 0.717) is 32.7 Å². The van der Waals surface area contributed by atoms with Crippen molar-refractivity contribution < 1.29 is 14.3 Å². The third kappa shape index (κ3) is 3.90. The molecule has 0 atom stereocenters. The Hall–Kier alpha value is -2.77. The fourth-order valence-electron chi connectivity index (χ4n) is 2.64. The van der Waals surface area contributed by atoms with Crippen LogP contribution in [0.1, 0.15) is 20.8 Å². The number of aromatic nitrogens is 3. The van der Waals surface area contributed by atoms with E-state index in [0.717, 1.165) is 10.8 Å². The zero-order valence-corrected chi connectivity index (χ0v) is 17.0. The molecule has 0 spiro atoms. The molecule has 2 heterocycles. The number of carbonyl (C=O) groups excluding carboxylic acids is 2. The normalized spacial score (nSPS) is 11.5. The number of hydrogen-bond donors (Lipinski definition) is 2. The number of rotatable bonds is 3. The highest BCUT2D eigenvalue weighted by Gasteiger charge is 2.21.